The molecule has 0 N–H and O–H groups in total. The molecule has 0 aliphatic carbocycles. The molecule has 0 aliphatic heterocycles. The fourth-order valence-corrected chi connectivity index (χ4v) is 1.78. The van der Waals surface area contributed by atoms with Crippen LogP contribution in [0.1, 0.15) is 5.56 Å². The average Bonchev–Trinajstić information content (AvgIpc) is 1.88. The Kier molecular flexibility index (Phi) is 2.18. The SMILES string of the molecule is Cc1ccccc1[P+](C)=O. The molecule has 2 heteroatoms. The molecule has 1 aromatic rings. The third-order valence-corrected chi connectivity index (χ3v) is 2.63. The van der Waals surface area contributed by atoms with Gasteiger partial charge in [0.1, 0.15) is 6.66 Å². The zero-order chi connectivity index (χ0) is 7.56. The van der Waals surface area contributed by atoms with Gasteiger partial charge in [0.05, 0.1) is 0 Å². The third-order valence-electron chi connectivity index (χ3n) is 1.45. The number of hydrogen-bond acceptors (Lipinski definition) is 1. The van der Waals surface area contributed by atoms with E-state index >= 15 is 0 Å². The molecule has 0 aliphatic rings. The first-order chi connectivity index (χ1) is 4.72. The van der Waals surface area contributed by atoms with E-state index in [1.54, 1.807) is 6.66 Å². The summed E-state index contributed by atoms with van der Waals surface area (Å²) in [5, 5.41) is 0.970. The summed E-state index contributed by atoms with van der Waals surface area (Å²) in [6.45, 7) is 3.71. The average molecular weight is 153 g/mol. The molecular weight excluding hydrogens is 143 g/mol. The van der Waals surface area contributed by atoms with Gasteiger partial charge >= 0.3 is 7.80 Å². The molecule has 1 nitrogen and oxygen atoms in total. The first kappa shape index (κ1) is 7.43. The summed E-state index contributed by atoms with van der Waals surface area (Å²) in [7, 11) is -1.17. The van der Waals surface area contributed by atoms with Gasteiger partial charge in [-0.3, -0.25) is 0 Å². The van der Waals surface area contributed by atoms with Crippen LogP contribution in [0.4, 0.5) is 0 Å². The lowest BCUT2D eigenvalue weighted by Crippen LogP contribution is -1.98. The lowest BCUT2D eigenvalue weighted by molar-refractivity contribution is 0.596. The van der Waals surface area contributed by atoms with E-state index < -0.39 is 7.80 Å². The van der Waals surface area contributed by atoms with Crippen molar-refractivity contribution in [2.45, 2.75) is 6.92 Å². The second-order valence-corrected chi connectivity index (χ2v) is 3.76. The Labute approximate surface area is 61.9 Å². The van der Waals surface area contributed by atoms with Crippen molar-refractivity contribution < 1.29 is 4.57 Å². The van der Waals surface area contributed by atoms with Gasteiger partial charge < -0.3 is 0 Å². The van der Waals surface area contributed by atoms with Crippen LogP contribution >= 0.6 is 7.80 Å². The molecule has 1 aromatic carbocycles. The van der Waals surface area contributed by atoms with Crippen LogP contribution in [0.15, 0.2) is 24.3 Å². The second-order valence-electron chi connectivity index (χ2n) is 2.28. The molecule has 1 rings (SSSR count). The number of hydrogen-bond donors (Lipinski definition) is 0. The Bertz CT molecular complexity index is 255. The van der Waals surface area contributed by atoms with E-state index in [4.69, 9.17) is 0 Å². The highest BCUT2D eigenvalue weighted by atomic mass is 31.1. The molecule has 0 aromatic heterocycles. The van der Waals surface area contributed by atoms with Crippen LogP contribution in [0.3, 0.4) is 0 Å². The van der Waals surface area contributed by atoms with Gasteiger partial charge in [0.25, 0.3) is 0 Å². The van der Waals surface area contributed by atoms with E-state index in [2.05, 4.69) is 0 Å². The summed E-state index contributed by atoms with van der Waals surface area (Å²) < 4.78 is 11.0. The maximum absolute atomic E-state index is 11.0. The molecule has 0 amide bonds. The van der Waals surface area contributed by atoms with Crippen LogP contribution in [0.5, 0.6) is 0 Å². The quantitative estimate of drug-likeness (QED) is 0.564. The molecule has 1 unspecified atom stereocenters. The largest absolute Gasteiger partial charge is 0.373 e. The van der Waals surface area contributed by atoms with Gasteiger partial charge in [-0.1, -0.05) is 22.8 Å². The Morgan fingerprint density at radius 1 is 1.30 bits per heavy atom. The van der Waals surface area contributed by atoms with Gasteiger partial charge in [-0.05, 0) is 13.0 Å². The molecule has 0 fully saturated rings. The number of benzene rings is 1. The van der Waals surface area contributed by atoms with Crippen molar-refractivity contribution >= 4 is 13.1 Å². The van der Waals surface area contributed by atoms with Crippen molar-refractivity contribution in [1.82, 2.24) is 0 Å². The highest BCUT2D eigenvalue weighted by molar-refractivity contribution is 7.52. The van der Waals surface area contributed by atoms with Crippen LogP contribution in [-0.4, -0.2) is 6.66 Å². The number of rotatable bonds is 1. The second kappa shape index (κ2) is 2.94. The predicted octanol–water partition coefficient (Wildman–Crippen LogP) is 2.08. The van der Waals surface area contributed by atoms with Crippen LogP contribution in [0.25, 0.3) is 0 Å². The molecule has 1 atom stereocenters. The molecule has 0 radical (unpaired) electrons. The molecule has 0 bridgehead atoms. The minimum Gasteiger partial charge on any atom is -0.0684 e. The van der Waals surface area contributed by atoms with E-state index in [1.807, 2.05) is 31.2 Å². The maximum Gasteiger partial charge on any atom is 0.373 e. The summed E-state index contributed by atoms with van der Waals surface area (Å²) in [5.41, 5.74) is 1.12. The third kappa shape index (κ3) is 1.43. The van der Waals surface area contributed by atoms with E-state index in [9.17, 15) is 4.57 Å². The lowest BCUT2D eigenvalue weighted by atomic mass is 10.2. The maximum atomic E-state index is 11.0. The van der Waals surface area contributed by atoms with Crippen molar-refractivity contribution in [2.24, 2.45) is 0 Å². The molecule has 10 heavy (non-hydrogen) atoms. The Balaban J connectivity index is 3.15. The van der Waals surface area contributed by atoms with Gasteiger partial charge in [-0.25, -0.2) is 0 Å². The molecule has 0 saturated heterocycles. The van der Waals surface area contributed by atoms with Gasteiger partial charge in [-0.15, -0.1) is 0 Å². The summed E-state index contributed by atoms with van der Waals surface area (Å²) in [5.74, 6) is 0. The fourth-order valence-electron chi connectivity index (χ4n) is 0.917. The smallest absolute Gasteiger partial charge is 0.0684 e. The van der Waals surface area contributed by atoms with E-state index in [0.29, 0.717) is 0 Å². The zero-order valence-corrected chi connectivity index (χ0v) is 7.06. The van der Waals surface area contributed by atoms with E-state index in [0.717, 1.165) is 10.9 Å². The van der Waals surface area contributed by atoms with E-state index in [-0.39, 0.29) is 0 Å². The summed E-state index contributed by atoms with van der Waals surface area (Å²) in [6.07, 6.45) is 0. The van der Waals surface area contributed by atoms with Crippen LogP contribution in [0, 0.1) is 6.92 Å². The summed E-state index contributed by atoms with van der Waals surface area (Å²) in [6, 6.07) is 7.76. The zero-order valence-electron chi connectivity index (χ0n) is 6.16. The number of aryl methyl sites for hydroxylation is 1. The topological polar surface area (TPSA) is 17.1 Å². The van der Waals surface area contributed by atoms with Gasteiger partial charge in [0.2, 0.25) is 0 Å². The fraction of sp³-hybridized carbons (Fsp3) is 0.250. The Hall–Kier alpha value is -0.680. The van der Waals surface area contributed by atoms with Crippen molar-refractivity contribution in [3.05, 3.63) is 29.8 Å². The Morgan fingerprint density at radius 3 is 2.30 bits per heavy atom. The van der Waals surface area contributed by atoms with Gasteiger partial charge in [-0.2, -0.15) is 0 Å². The lowest BCUT2D eigenvalue weighted by Gasteiger charge is -1.88. The van der Waals surface area contributed by atoms with Crippen molar-refractivity contribution in [1.29, 1.82) is 0 Å². The standard InChI is InChI=1S/C8H10OP/c1-7-5-3-4-6-8(7)10(2)9/h3-6H,1-2H3/q+1. The minimum absolute atomic E-state index is 0.970. The molecule has 52 valence electrons. The van der Waals surface area contributed by atoms with Crippen LogP contribution in [-0.2, 0) is 4.57 Å². The molecule has 0 saturated carbocycles. The first-order valence-corrected chi connectivity index (χ1v) is 4.89. The highest BCUT2D eigenvalue weighted by Crippen LogP contribution is 2.15. The van der Waals surface area contributed by atoms with Crippen LogP contribution < -0.4 is 5.30 Å². The van der Waals surface area contributed by atoms with Crippen LogP contribution in [0.2, 0.25) is 0 Å². The van der Waals surface area contributed by atoms with Crippen molar-refractivity contribution in [3.63, 3.8) is 0 Å². The minimum atomic E-state index is -1.17. The van der Waals surface area contributed by atoms with Crippen molar-refractivity contribution in [3.8, 4) is 0 Å². The normalized spacial score (nSPS) is 11.2. The highest BCUT2D eigenvalue weighted by Gasteiger charge is 2.12. The summed E-state index contributed by atoms with van der Waals surface area (Å²) in [4.78, 5) is 0. The predicted molar refractivity (Wildman–Crippen MR) is 44.3 cm³/mol. The summed E-state index contributed by atoms with van der Waals surface area (Å²) >= 11 is 0. The van der Waals surface area contributed by atoms with Crippen molar-refractivity contribution in [2.75, 3.05) is 6.66 Å². The monoisotopic (exact) mass is 153 g/mol. The molecular formula is C8H10OP+. The van der Waals surface area contributed by atoms with E-state index in [1.165, 1.54) is 0 Å². The van der Waals surface area contributed by atoms with Gasteiger partial charge in [0, 0.05) is 5.56 Å². The van der Waals surface area contributed by atoms with Gasteiger partial charge in [0.15, 0.2) is 5.30 Å². The molecule has 0 heterocycles. The first-order valence-electron chi connectivity index (χ1n) is 3.18. The Morgan fingerprint density at radius 2 is 1.90 bits per heavy atom. The molecule has 0 spiro atoms.